The van der Waals surface area contributed by atoms with Crippen molar-refractivity contribution in [1.82, 2.24) is 0 Å². The van der Waals surface area contributed by atoms with E-state index in [9.17, 15) is 0 Å². The Morgan fingerprint density at radius 3 is 0.800 bits per heavy atom. The second-order valence-corrected chi connectivity index (χ2v) is 0.500. The van der Waals surface area contributed by atoms with Gasteiger partial charge in [0.1, 0.15) is 0 Å². The summed E-state index contributed by atoms with van der Waals surface area (Å²) in [5, 5.41) is 33.3. The summed E-state index contributed by atoms with van der Waals surface area (Å²) in [5.41, 5.74) is 0. The molecule has 10 heavy (non-hydrogen) atoms. The average molecular weight is 323 g/mol. The Morgan fingerprint density at radius 1 is 0.800 bits per heavy atom. The van der Waals surface area contributed by atoms with Crippen molar-refractivity contribution in [2.24, 2.45) is 0 Å². The van der Waals surface area contributed by atoms with Crippen molar-refractivity contribution in [3.63, 3.8) is 0 Å². The molecule has 8 heteroatoms. The van der Waals surface area contributed by atoms with Crippen molar-refractivity contribution in [1.29, 1.82) is 0 Å². The maximum absolute atomic E-state index is 8.33. The van der Waals surface area contributed by atoms with Crippen molar-refractivity contribution in [2.45, 2.75) is 0 Å². The summed E-state index contributed by atoms with van der Waals surface area (Å²) in [6.07, 6.45) is -4.67. The maximum Gasteiger partial charge on any atom is 2.00 e. The quantitative estimate of drug-likeness (QED) is 0.410. The molecule has 0 N–H and O–H groups in total. The molecular weight excluding hydrogens is 323 g/mol. The number of rotatable bonds is 0. The average Bonchev–Trinajstić information content (AvgIpc) is 1.25. The van der Waals surface area contributed by atoms with E-state index in [0.717, 1.165) is 0 Å². The Kier molecular flexibility index (Phi) is 36.7. The molecule has 48 valence electrons. The zero-order chi connectivity index (χ0) is 7.15. The van der Waals surface area contributed by atoms with Crippen LogP contribution in [0, 0.1) is 0 Å². The molecule has 0 rings (SSSR count). The summed E-state index contributed by atoms with van der Waals surface area (Å²) < 4.78 is 0. The molecule has 0 bridgehead atoms. The van der Waals surface area contributed by atoms with Crippen molar-refractivity contribution in [2.75, 3.05) is 0 Å². The van der Waals surface area contributed by atoms with Gasteiger partial charge < -0.3 is 30.0 Å². The number of hydrogen-bond donors (Lipinski definition) is 0. The summed E-state index contributed by atoms with van der Waals surface area (Å²) in [6, 6.07) is 0. The van der Waals surface area contributed by atoms with E-state index in [4.69, 9.17) is 30.0 Å². The smallest absolute Gasteiger partial charge is 0.652 e. The fourth-order valence-electron chi connectivity index (χ4n) is 0. The van der Waals surface area contributed by atoms with E-state index >= 15 is 0 Å². The SMILES string of the molecule is O=C([O-])[O-].O=C([O-])[O-].[Ba+2].[Zn+2]. The zero-order valence-corrected chi connectivity index (χ0v) is 12.3. The normalized spacial score (nSPS) is 4.80. The van der Waals surface area contributed by atoms with Gasteiger partial charge in [-0.2, -0.15) is 0 Å². The van der Waals surface area contributed by atoms with E-state index in [2.05, 4.69) is 0 Å². The third-order valence-electron chi connectivity index (χ3n) is 0. The van der Waals surface area contributed by atoms with Gasteiger partial charge in [-0.05, 0) is 12.3 Å². The van der Waals surface area contributed by atoms with Gasteiger partial charge in [0.2, 0.25) is 0 Å². The van der Waals surface area contributed by atoms with Gasteiger partial charge in [0, 0.05) is 0 Å². The first kappa shape index (κ1) is 22.4. The molecule has 0 saturated carbocycles. The van der Waals surface area contributed by atoms with Crippen LogP contribution in [0.4, 0.5) is 9.59 Å². The van der Waals surface area contributed by atoms with Gasteiger partial charge in [-0.15, -0.1) is 0 Å². The van der Waals surface area contributed by atoms with E-state index in [1.165, 1.54) is 0 Å². The monoisotopic (exact) mass is 322 g/mol. The van der Waals surface area contributed by atoms with Crippen LogP contribution in [0.1, 0.15) is 0 Å². The molecule has 0 aromatic rings. The minimum Gasteiger partial charge on any atom is -0.652 e. The largest absolute Gasteiger partial charge is 2.00 e. The first-order valence-electron chi connectivity index (χ1n) is 1.22. The van der Waals surface area contributed by atoms with Crippen LogP contribution in [0.3, 0.4) is 0 Å². The number of carbonyl (C=O) groups excluding carboxylic acids is 2. The van der Waals surface area contributed by atoms with E-state index in [-0.39, 0.29) is 68.4 Å². The van der Waals surface area contributed by atoms with Crippen LogP contribution < -0.4 is 20.4 Å². The van der Waals surface area contributed by atoms with Crippen LogP contribution in [-0.4, -0.2) is 61.2 Å². The molecule has 0 atom stereocenters. The number of carboxylic acid groups (broad SMARTS) is 4. The summed E-state index contributed by atoms with van der Waals surface area (Å²) >= 11 is 0. The van der Waals surface area contributed by atoms with Crippen LogP contribution in [0.25, 0.3) is 0 Å². The van der Waals surface area contributed by atoms with E-state index in [1.54, 1.807) is 0 Å². The molecule has 6 nitrogen and oxygen atoms in total. The third-order valence-corrected chi connectivity index (χ3v) is 0. The van der Waals surface area contributed by atoms with Gasteiger partial charge in [-0.25, -0.2) is 0 Å². The van der Waals surface area contributed by atoms with Gasteiger partial charge in [-0.1, -0.05) is 0 Å². The molecule has 0 radical (unpaired) electrons. The molecule has 0 aromatic carbocycles. The molecule has 0 heterocycles. The molecule has 0 aliphatic heterocycles. The van der Waals surface area contributed by atoms with Crippen molar-refractivity contribution in [3.05, 3.63) is 0 Å². The zero-order valence-electron chi connectivity index (χ0n) is 4.86. The molecule has 0 saturated heterocycles. The summed E-state index contributed by atoms with van der Waals surface area (Å²) in [7, 11) is 0. The Balaban J connectivity index is -0.0000000300. The van der Waals surface area contributed by atoms with Crippen molar-refractivity contribution >= 4 is 61.2 Å². The predicted molar refractivity (Wildman–Crippen MR) is 16.5 cm³/mol. The molecule has 0 spiro atoms. The van der Waals surface area contributed by atoms with Crippen LogP contribution in [0.15, 0.2) is 0 Å². The molecule has 0 aromatic heterocycles. The molecule has 0 fully saturated rings. The van der Waals surface area contributed by atoms with E-state index in [1.807, 2.05) is 0 Å². The van der Waals surface area contributed by atoms with Crippen molar-refractivity contribution < 1.29 is 49.5 Å². The number of carbonyl (C=O) groups is 2. The fraction of sp³-hybridized carbons (Fsp3) is 0. The second kappa shape index (κ2) is 16.4. The Morgan fingerprint density at radius 2 is 0.800 bits per heavy atom. The molecular formula is C2BaO6Zn. The Bertz CT molecular complexity index is 73.7. The third kappa shape index (κ3) is 968. The Labute approximate surface area is 109 Å². The molecule has 0 unspecified atom stereocenters. The van der Waals surface area contributed by atoms with E-state index < -0.39 is 12.3 Å². The standard InChI is InChI=1S/2CH2O3.Ba.Zn/c2*2-1(3)4;;/h2*(H2,2,3,4);;/q;;2*+2/p-4. The predicted octanol–water partition coefficient (Wildman–Crippen LogP) is -5.28. The van der Waals surface area contributed by atoms with Crippen LogP contribution in [0.5, 0.6) is 0 Å². The summed E-state index contributed by atoms with van der Waals surface area (Å²) in [5.74, 6) is 0. The van der Waals surface area contributed by atoms with Gasteiger partial charge in [0.05, 0.1) is 0 Å². The van der Waals surface area contributed by atoms with Crippen LogP contribution >= 0.6 is 0 Å². The summed E-state index contributed by atoms with van der Waals surface area (Å²) in [4.78, 5) is 16.7. The molecule has 0 aliphatic carbocycles. The molecule has 0 aliphatic rings. The number of hydrogen-bond acceptors (Lipinski definition) is 6. The maximum atomic E-state index is 8.33. The van der Waals surface area contributed by atoms with E-state index in [0.29, 0.717) is 0 Å². The first-order chi connectivity index (χ1) is 3.46. The minimum atomic E-state index is -2.33. The van der Waals surface area contributed by atoms with Gasteiger partial charge in [-0.3, -0.25) is 0 Å². The second-order valence-electron chi connectivity index (χ2n) is 0.500. The van der Waals surface area contributed by atoms with Crippen LogP contribution in [0.2, 0.25) is 0 Å². The van der Waals surface area contributed by atoms with Gasteiger partial charge >= 0.3 is 68.4 Å². The Hall–Kier alpha value is 0.735. The van der Waals surface area contributed by atoms with Crippen LogP contribution in [-0.2, 0) is 19.5 Å². The topological polar surface area (TPSA) is 126 Å². The summed E-state index contributed by atoms with van der Waals surface area (Å²) in [6.45, 7) is 0. The minimum absolute atomic E-state index is 0. The fourth-order valence-corrected chi connectivity index (χ4v) is 0. The van der Waals surface area contributed by atoms with Crippen molar-refractivity contribution in [3.8, 4) is 0 Å². The van der Waals surface area contributed by atoms with Gasteiger partial charge in [0.15, 0.2) is 0 Å². The molecule has 0 amide bonds. The van der Waals surface area contributed by atoms with Gasteiger partial charge in [0.25, 0.3) is 0 Å². The first-order valence-corrected chi connectivity index (χ1v) is 1.22.